The number of nitrogens with zero attached hydrogens (tertiary/aromatic N) is 1. The van der Waals surface area contributed by atoms with Gasteiger partial charge in [0.15, 0.2) is 0 Å². The van der Waals surface area contributed by atoms with Gasteiger partial charge in [0.2, 0.25) is 0 Å². The van der Waals surface area contributed by atoms with Gasteiger partial charge < -0.3 is 0 Å². The minimum atomic E-state index is -4.30. The Morgan fingerprint density at radius 3 is 2.14 bits per heavy atom. The summed E-state index contributed by atoms with van der Waals surface area (Å²) in [4.78, 5) is -0.0850. The Balaban J connectivity index is 2.31. The Hall–Kier alpha value is -1.64. The fourth-order valence-corrected chi connectivity index (χ4v) is 3.82. The van der Waals surface area contributed by atoms with Crippen molar-refractivity contribution in [3.05, 3.63) is 66.7 Å². The average molecular weight is 425 g/mol. The van der Waals surface area contributed by atoms with Crippen LogP contribution in [0.15, 0.2) is 71.6 Å². The van der Waals surface area contributed by atoms with Crippen LogP contribution in [0.2, 0.25) is 0 Å². The summed E-state index contributed by atoms with van der Waals surface area (Å²) in [7, 11) is -4.30. The zero-order chi connectivity index (χ0) is 15.7. The molecule has 0 aromatic heterocycles. The molecule has 1 N–H and O–H groups in total. The first kappa shape index (κ1) is 15.3. The molecule has 0 unspecified atom stereocenters. The van der Waals surface area contributed by atoms with Crippen molar-refractivity contribution in [1.82, 2.24) is 0 Å². The first-order valence-corrected chi connectivity index (χ1v) is 8.89. The van der Waals surface area contributed by atoms with Crippen LogP contribution in [0.4, 0.5) is 11.4 Å². The first-order valence-electron chi connectivity index (χ1n) is 6.48. The number of hydrogen-bond donors (Lipinski definition) is 1. The molecule has 0 atom stereocenters. The summed E-state index contributed by atoms with van der Waals surface area (Å²) >= 11 is 2.12. The lowest BCUT2D eigenvalue weighted by Gasteiger charge is -2.20. The summed E-state index contributed by atoms with van der Waals surface area (Å²) in [5, 5.41) is 1.26. The van der Waals surface area contributed by atoms with E-state index < -0.39 is 10.1 Å². The summed E-state index contributed by atoms with van der Waals surface area (Å²) in [6, 6.07) is 20.0. The maximum Gasteiger partial charge on any atom is 0.295 e. The SMILES string of the molecule is O=S(=O)(O)c1cccc2cccc(N(I)c3ccccc3)c12. The van der Waals surface area contributed by atoms with E-state index in [4.69, 9.17) is 0 Å². The van der Waals surface area contributed by atoms with Gasteiger partial charge in [0, 0.05) is 5.39 Å². The van der Waals surface area contributed by atoms with Crippen molar-refractivity contribution < 1.29 is 13.0 Å². The third kappa shape index (κ3) is 2.81. The summed E-state index contributed by atoms with van der Waals surface area (Å²) in [5.41, 5.74) is 1.62. The molecule has 0 radical (unpaired) electrons. The van der Waals surface area contributed by atoms with E-state index in [1.54, 1.807) is 6.07 Å². The quantitative estimate of drug-likeness (QED) is 0.380. The maximum absolute atomic E-state index is 11.7. The van der Waals surface area contributed by atoms with Crippen molar-refractivity contribution >= 4 is 55.1 Å². The predicted octanol–water partition coefficient (Wildman–Crippen LogP) is 4.57. The van der Waals surface area contributed by atoms with Gasteiger partial charge in [-0.05, 0) is 29.7 Å². The Morgan fingerprint density at radius 1 is 0.864 bits per heavy atom. The molecule has 0 saturated carbocycles. The summed E-state index contributed by atoms with van der Waals surface area (Å²) in [6.45, 7) is 0. The number of rotatable bonds is 3. The molecule has 0 aliphatic heterocycles. The molecule has 0 amide bonds. The lowest BCUT2D eigenvalue weighted by atomic mass is 10.1. The molecule has 4 nitrogen and oxygen atoms in total. The Morgan fingerprint density at radius 2 is 1.50 bits per heavy atom. The van der Waals surface area contributed by atoms with Crippen LogP contribution in [-0.2, 0) is 10.1 Å². The summed E-state index contributed by atoms with van der Waals surface area (Å²) in [5.74, 6) is 0. The van der Waals surface area contributed by atoms with E-state index in [-0.39, 0.29) is 4.90 Å². The molecule has 3 aromatic carbocycles. The molecular formula is C16H12INO3S. The number of para-hydroxylation sites is 1. The average Bonchev–Trinajstić information content (AvgIpc) is 2.53. The third-order valence-corrected chi connectivity index (χ3v) is 5.29. The molecule has 3 aromatic rings. The van der Waals surface area contributed by atoms with Crippen LogP contribution in [0.3, 0.4) is 0 Å². The number of benzene rings is 3. The van der Waals surface area contributed by atoms with E-state index >= 15 is 0 Å². The number of halogens is 1. The van der Waals surface area contributed by atoms with Gasteiger partial charge >= 0.3 is 0 Å². The van der Waals surface area contributed by atoms with E-state index in [2.05, 4.69) is 22.9 Å². The van der Waals surface area contributed by atoms with Crippen molar-refractivity contribution in [2.45, 2.75) is 4.90 Å². The second-order valence-corrected chi connectivity index (χ2v) is 7.08. The highest BCUT2D eigenvalue weighted by Gasteiger charge is 2.19. The van der Waals surface area contributed by atoms with E-state index in [0.717, 1.165) is 11.1 Å². The van der Waals surface area contributed by atoms with E-state index in [9.17, 15) is 13.0 Å². The van der Waals surface area contributed by atoms with Gasteiger partial charge in [0.05, 0.1) is 34.2 Å². The molecule has 0 fully saturated rings. The second kappa shape index (κ2) is 5.86. The van der Waals surface area contributed by atoms with Crippen LogP contribution >= 0.6 is 22.9 Å². The van der Waals surface area contributed by atoms with Crippen LogP contribution < -0.4 is 3.11 Å². The lowest BCUT2D eigenvalue weighted by Crippen LogP contribution is -2.05. The molecule has 22 heavy (non-hydrogen) atoms. The first-order chi connectivity index (χ1) is 10.5. The van der Waals surface area contributed by atoms with Gasteiger partial charge in [-0.2, -0.15) is 8.42 Å². The number of hydrogen-bond acceptors (Lipinski definition) is 3. The predicted molar refractivity (Wildman–Crippen MR) is 96.4 cm³/mol. The molecule has 112 valence electrons. The van der Waals surface area contributed by atoms with Gasteiger partial charge in [-0.15, -0.1) is 0 Å². The van der Waals surface area contributed by atoms with Gasteiger partial charge in [-0.1, -0.05) is 42.5 Å². The zero-order valence-corrected chi connectivity index (χ0v) is 14.3. The molecule has 0 saturated heterocycles. The van der Waals surface area contributed by atoms with E-state index in [1.165, 1.54) is 6.07 Å². The lowest BCUT2D eigenvalue weighted by molar-refractivity contribution is 0.484. The molecule has 6 heteroatoms. The largest absolute Gasteiger partial charge is 0.295 e. The normalized spacial score (nSPS) is 11.5. The van der Waals surface area contributed by atoms with E-state index in [0.29, 0.717) is 11.1 Å². The summed E-state index contributed by atoms with van der Waals surface area (Å²) in [6.07, 6.45) is 0. The van der Waals surface area contributed by atoms with Gasteiger partial charge in [-0.3, -0.25) is 7.67 Å². The van der Waals surface area contributed by atoms with Crippen LogP contribution in [0.5, 0.6) is 0 Å². The highest BCUT2D eigenvalue weighted by Crippen LogP contribution is 2.38. The topological polar surface area (TPSA) is 57.6 Å². The van der Waals surface area contributed by atoms with Crippen molar-refractivity contribution in [2.24, 2.45) is 0 Å². The Kier molecular flexibility index (Phi) is 4.07. The molecule has 0 spiro atoms. The number of anilines is 2. The standard InChI is InChI=1S/C16H12INO3S/c17-18(13-8-2-1-3-9-13)14-10-4-6-12-7-5-11-15(16(12)14)22(19,20)21/h1-11H,(H,19,20,21). The maximum atomic E-state index is 11.7. The van der Waals surface area contributed by atoms with Gasteiger partial charge in [-0.25, -0.2) is 0 Å². The monoisotopic (exact) mass is 425 g/mol. The van der Waals surface area contributed by atoms with E-state index in [1.807, 2.05) is 57.7 Å². The molecule has 0 bridgehead atoms. The highest BCUT2D eigenvalue weighted by molar-refractivity contribution is 14.1. The van der Waals surface area contributed by atoms with Crippen LogP contribution in [0.25, 0.3) is 10.8 Å². The van der Waals surface area contributed by atoms with Crippen LogP contribution in [-0.4, -0.2) is 13.0 Å². The van der Waals surface area contributed by atoms with Gasteiger partial charge in [0.25, 0.3) is 10.1 Å². The molecule has 0 aliphatic carbocycles. The van der Waals surface area contributed by atoms with Crippen molar-refractivity contribution in [3.8, 4) is 0 Å². The Bertz CT molecular complexity index is 921. The minimum Gasteiger partial charge on any atom is -0.282 e. The third-order valence-electron chi connectivity index (χ3n) is 3.32. The van der Waals surface area contributed by atoms with Crippen molar-refractivity contribution in [2.75, 3.05) is 3.11 Å². The van der Waals surface area contributed by atoms with Gasteiger partial charge in [0.1, 0.15) is 4.90 Å². The van der Waals surface area contributed by atoms with Crippen LogP contribution in [0, 0.1) is 0 Å². The molecule has 3 rings (SSSR count). The number of fused-ring (bicyclic) bond motifs is 1. The van der Waals surface area contributed by atoms with Crippen molar-refractivity contribution in [3.63, 3.8) is 0 Å². The minimum absolute atomic E-state index is 0.0850. The van der Waals surface area contributed by atoms with Crippen LogP contribution in [0.1, 0.15) is 0 Å². The molecule has 0 heterocycles. The smallest absolute Gasteiger partial charge is 0.282 e. The summed E-state index contributed by atoms with van der Waals surface area (Å²) < 4.78 is 34.8. The van der Waals surface area contributed by atoms with Crippen molar-refractivity contribution in [1.29, 1.82) is 0 Å². The highest BCUT2D eigenvalue weighted by atomic mass is 127. The zero-order valence-electron chi connectivity index (χ0n) is 11.3. The molecular weight excluding hydrogens is 413 g/mol. The fourth-order valence-electron chi connectivity index (χ4n) is 2.36. The fraction of sp³-hybridized carbons (Fsp3) is 0. The second-order valence-electron chi connectivity index (χ2n) is 4.72. The molecule has 0 aliphatic rings. The Labute approximate surface area is 142 Å².